The molecule has 1 aromatic heterocycles. The van der Waals surface area contributed by atoms with E-state index in [4.69, 9.17) is 4.74 Å². The van der Waals surface area contributed by atoms with Crippen molar-refractivity contribution < 1.29 is 32.6 Å². The van der Waals surface area contributed by atoms with Crippen LogP contribution in [0.1, 0.15) is 23.0 Å². The van der Waals surface area contributed by atoms with E-state index < -0.39 is 50.6 Å². The number of likely N-dealkylation sites (tertiary alicyclic amines) is 1. The molecule has 3 N–H and O–H groups in total. The number of aliphatic hydroxyl groups is 2. The molecule has 1 aromatic carbocycles. The standard InChI is InChI=1S/C20H26FN3O6S/c1-3-30-20(27)18-16(21)15(11-23(18)2)31(28,29)22-17-14(12-25)10-24(19(17)26)9-13-7-5-4-6-8-13/h4-8,11,14,17,19,22,25-26H,3,9-10,12H2,1-2H3. The van der Waals surface area contributed by atoms with Crippen molar-refractivity contribution in [3.8, 4) is 0 Å². The number of aryl methyl sites for hydroxylation is 1. The maximum atomic E-state index is 14.8. The molecule has 1 aliphatic heterocycles. The summed E-state index contributed by atoms with van der Waals surface area (Å²) in [6.07, 6.45) is -0.260. The van der Waals surface area contributed by atoms with Crippen LogP contribution >= 0.6 is 0 Å². The lowest BCUT2D eigenvalue weighted by Crippen LogP contribution is -2.47. The zero-order chi connectivity index (χ0) is 22.8. The minimum atomic E-state index is -4.45. The van der Waals surface area contributed by atoms with Gasteiger partial charge in [0.2, 0.25) is 10.0 Å². The molecule has 1 aliphatic rings. The number of hydrogen-bond donors (Lipinski definition) is 3. The first kappa shape index (κ1) is 23.4. The molecule has 31 heavy (non-hydrogen) atoms. The first-order valence-corrected chi connectivity index (χ1v) is 11.3. The van der Waals surface area contributed by atoms with Gasteiger partial charge >= 0.3 is 5.97 Å². The van der Waals surface area contributed by atoms with Crippen LogP contribution < -0.4 is 4.72 Å². The van der Waals surface area contributed by atoms with Gasteiger partial charge in [0.1, 0.15) is 11.1 Å². The first-order chi connectivity index (χ1) is 14.7. The second-order valence-corrected chi connectivity index (χ2v) is 9.09. The highest BCUT2D eigenvalue weighted by molar-refractivity contribution is 7.89. The van der Waals surface area contributed by atoms with Crippen molar-refractivity contribution >= 4 is 16.0 Å². The minimum absolute atomic E-state index is 0.00742. The Morgan fingerprint density at radius 2 is 2.00 bits per heavy atom. The molecule has 0 spiro atoms. The Morgan fingerprint density at radius 3 is 2.61 bits per heavy atom. The summed E-state index contributed by atoms with van der Waals surface area (Å²) in [7, 11) is -3.12. The topological polar surface area (TPSA) is 121 Å². The van der Waals surface area contributed by atoms with Gasteiger partial charge in [-0.1, -0.05) is 30.3 Å². The van der Waals surface area contributed by atoms with Crippen molar-refractivity contribution in [2.75, 3.05) is 19.8 Å². The number of carbonyl (C=O) groups is 1. The summed E-state index contributed by atoms with van der Waals surface area (Å²) < 4.78 is 48.7. The summed E-state index contributed by atoms with van der Waals surface area (Å²) >= 11 is 0. The van der Waals surface area contributed by atoms with E-state index in [9.17, 15) is 27.8 Å². The molecule has 2 heterocycles. The number of carbonyl (C=O) groups excluding carboxylic acids is 1. The molecule has 0 aliphatic carbocycles. The second kappa shape index (κ2) is 9.45. The van der Waals surface area contributed by atoms with E-state index in [0.29, 0.717) is 6.54 Å². The lowest BCUT2D eigenvalue weighted by molar-refractivity contribution is 0.0186. The van der Waals surface area contributed by atoms with Crippen LogP contribution in [0.15, 0.2) is 41.4 Å². The molecule has 3 rings (SSSR count). The number of ether oxygens (including phenoxy) is 1. The molecule has 0 amide bonds. The maximum absolute atomic E-state index is 14.8. The Hall–Kier alpha value is -2.31. The van der Waals surface area contributed by atoms with Crippen LogP contribution in [0.25, 0.3) is 0 Å². The van der Waals surface area contributed by atoms with Crippen LogP contribution in [0.4, 0.5) is 4.39 Å². The molecular formula is C20H26FN3O6S. The van der Waals surface area contributed by atoms with E-state index in [-0.39, 0.29) is 19.8 Å². The van der Waals surface area contributed by atoms with E-state index in [1.807, 2.05) is 30.3 Å². The van der Waals surface area contributed by atoms with Gasteiger partial charge in [0.25, 0.3) is 0 Å². The number of nitrogens with one attached hydrogen (secondary N) is 1. The van der Waals surface area contributed by atoms with Gasteiger partial charge in [-0.2, -0.15) is 0 Å². The number of aliphatic hydroxyl groups excluding tert-OH is 2. The van der Waals surface area contributed by atoms with Crippen molar-refractivity contribution in [1.82, 2.24) is 14.2 Å². The van der Waals surface area contributed by atoms with Crippen LogP contribution in [0.3, 0.4) is 0 Å². The summed E-state index contributed by atoms with van der Waals surface area (Å²) in [4.78, 5) is 12.9. The zero-order valence-electron chi connectivity index (χ0n) is 17.2. The lowest BCUT2D eigenvalue weighted by atomic mass is 10.1. The van der Waals surface area contributed by atoms with Crippen molar-refractivity contribution in [3.05, 3.63) is 53.6 Å². The van der Waals surface area contributed by atoms with E-state index in [1.165, 1.54) is 7.05 Å². The average Bonchev–Trinajstić information content (AvgIpc) is 3.19. The van der Waals surface area contributed by atoms with Crippen LogP contribution in [-0.2, 0) is 28.4 Å². The molecule has 2 aromatic rings. The predicted molar refractivity (Wildman–Crippen MR) is 109 cm³/mol. The molecule has 1 fully saturated rings. The molecule has 170 valence electrons. The van der Waals surface area contributed by atoms with Crippen molar-refractivity contribution in [1.29, 1.82) is 0 Å². The van der Waals surface area contributed by atoms with Crippen molar-refractivity contribution in [2.45, 2.75) is 30.6 Å². The number of benzene rings is 1. The highest BCUT2D eigenvalue weighted by Gasteiger charge is 2.43. The number of esters is 1. The Bertz CT molecular complexity index is 1030. The van der Waals surface area contributed by atoms with Gasteiger partial charge in [-0.05, 0) is 12.5 Å². The SMILES string of the molecule is CCOC(=O)c1c(F)c(S(=O)(=O)NC2C(CO)CN(Cc3ccccc3)C2O)cn1C. The molecule has 11 heteroatoms. The van der Waals surface area contributed by atoms with Crippen molar-refractivity contribution in [3.63, 3.8) is 0 Å². The lowest BCUT2D eigenvalue weighted by Gasteiger charge is -2.24. The van der Waals surface area contributed by atoms with E-state index in [1.54, 1.807) is 11.8 Å². The van der Waals surface area contributed by atoms with Gasteiger partial charge in [-0.15, -0.1) is 0 Å². The first-order valence-electron chi connectivity index (χ1n) is 9.80. The normalized spacial score (nSPS) is 22.0. The fraction of sp³-hybridized carbons (Fsp3) is 0.450. The number of aromatic nitrogens is 1. The van der Waals surface area contributed by atoms with Crippen molar-refractivity contribution in [2.24, 2.45) is 13.0 Å². The van der Waals surface area contributed by atoms with E-state index in [0.717, 1.165) is 16.3 Å². The Kier molecular flexibility index (Phi) is 7.12. The predicted octanol–water partition coefficient (Wildman–Crippen LogP) is 0.430. The van der Waals surface area contributed by atoms with Gasteiger partial charge in [0.15, 0.2) is 11.5 Å². The molecule has 0 radical (unpaired) electrons. The highest BCUT2D eigenvalue weighted by atomic mass is 32.2. The summed E-state index contributed by atoms with van der Waals surface area (Å²) in [6.45, 7) is 1.78. The highest BCUT2D eigenvalue weighted by Crippen LogP contribution is 2.27. The Morgan fingerprint density at radius 1 is 1.32 bits per heavy atom. The molecule has 0 saturated carbocycles. The Balaban J connectivity index is 1.83. The van der Waals surface area contributed by atoms with Gasteiger partial charge in [-0.3, -0.25) is 4.90 Å². The molecule has 3 atom stereocenters. The van der Waals surface area contributed by atoms with Crippen LogP contribution in [0.2, 0.25) is 0 Å². The molecular weight excluding hydrogens is 429 g/mol. The zero-order valence-corrected chi connectivity index (χ0v) is 18.0. The largest absolute Gasteiger partial charge is 0.461 e. The van der Waals surface area contributed by atoms with Gasteiger partial charge in [0, 0.05) is 38.9 Å². The number of halogens is 1. The number of hydrogen-bond acceptors (Lipinski definition) is 7. The van der Waals surface area contributed by atoms with E-state index in [2.05, 4.69) is 4.72 Å². The van der Waals surface area contributed by atoms with Gasteiger partial charge in [0.05, 0.1) is 12.6 Å². The van der Waals surface area contributed by atoms with Crippen LogP contribution in [0, 0.1) is 11.7 Å². The Labute approximate surface area is 180 Å². The summed E-state index contributed by atoms with van der Waals surface area (Å²) in [5, 5.41) is 20.5. The monoisotopic (exact) mass is 455 g/mol. The quantitative estimate of drug-likeness (QED) is 0.494. The summed E-state index contributed by atoms with van der Waals surface area (Å²) in [6, 6.07) is 8.23. The second-order valence-electron chi connectivity index (χ2n) is 7.41. The molecule has 9 nitrogen and oxygen atoms in total. The van der Waals surface area contributed by atoms with Gasteiger partial charge in [-0.25, -0.2) is 22.3 Å². The third kappa shape index (κ3) is 4.80. The minimum Gasteiger partial charge on any atom is -0.461 e. The third-order valence-corrected chi connectivity index (χ3v) is 6.72. The fourth-order valence-electron chi connectivity index (χ4n) is 3.73. The maximum Gasteiger partial charge on any atom is 0.358 e. The molecule has 1 saturated heterocycles. The summed E-state index contributed by atoms with van der Waals surface area (Å²) in [5.74, 6) is -2.82. The number of sulfonamides is 1. The summed E-state index contributed by atoms with van der Waals surface area (Å²) in [5.41, 5.74) is 0.397. The van der Waals surface area contributed by atoms with Crippen LogP contribution in [0.5, 0.6) is 0 Å². The number of nitrogens with zero attached hydrogens (tertiary/aromatic N) is 2. The molecule has 0 bridgehead atoms. The fourth-order valence-corrected chi connectivity index (χ4v) is 5.16. The third-order valence-electron chi connectivity index (χ3n) is 5.27. The smallest absolute Gasteiger partial charge is 0.358 e. The number of rotatable bonds is 8. The van der Waals surface area contributed by atoms with E-state index >= 15 is 0 Å². The molecule has 3 unspecified atom stereocenters. The van der Waals surface area contributed by atoms with Crippen LogP contribution in [-0.4, -0.2) is 66.1 Å². The average molecular weight is 456 g/mol. The van der Waals surface area contributed by atoms with Gasteiger partial charge < -0.3 is 19.5 Å².